The third-order valence-electron chi connectivity index (χ3n) is 1.91. The van der Waals surface area contributed by atoms with E-state index in [0.717, 1.165) is 0 Å². The lowest BCUT2D eigenvalue weighted by Crippen LogP contribution is -2.41. The van der Waals surface area contributed by atoms with Crippen molar-refractivity contribution in [2.24, 2.45) is 0 Å². The number of ether oxygens (including phenoxy) is 1. The molecule has 0 aromatic rings. The van der Waals surface area contributed by atoms with Gasteiger partial charge in [-0.2, -0.15) is 0 Å². The van der Waals surface area contributed by atoms with Gasteiger partial charge in [-0.1, -0.05) is 6.92 Å². The molecule has 17 heavy (non-hydrogen) atoms. The Morgan fingerprint density at radius 1 is 1.35 bits per heavy atom. The van der Waals surface area contributed by atoms with Crippen molar-refractivity contribution in [1.82, 2.24) is 4.72 Å². The van der Waals surface area contributed by atoms with Gasteiger partial charge in [-0.15, -0.1) is 0 Å². The minimum absolute atomic E-state index is 0.133. The lowest BCUT2D eigenvalue weighted by molar-refractivity contribution is -0.142. The molecule has 0 heterocycles. The Morgan fingerprint density at radius 3 is 2.35 bits per heavy atom. The van der Waals surface area contributed by atoms with Gasteiger partial charge < -0.3 is 9.84 Å². The first kappa shape index (κ1) is 15.9. The topological polar surface area (TPSA) is 110 Å². The van der Waals surface area contributed by atoms with Crippen LogP contribution in [0.2, 0.25) is 0 Å². The molecule has 0 radical (unpaired) electrons. The Labute approximate surface area is 100 Å². The van der Waals surface area contributed by atoms with Crippen LogP contribution in [-0.4, -0.2) is 43.9 Å². The first-order valence-corrected chi connectivity index (χ1v) is 6.86. The molecular formula is C9H17NO6S. The van der Waals surface area contributed by atoms with Crippen LogP contribution in [0.5, 0.6) is 0 Å². The summed E-state index contributed by atoms with van der Waals surface area (Å²) in [6.07, 6.45) is -0.160. The van der Waals surface area contributed by atoms with Crippen LogP contribution in [0.3, 0.4) is 0 Å². The summed E-state index contributed by atoms with van der Waals surface area (Å²) < 4.78 is 29.4. The fraction of sp³-hybridized carbons (Fsp3) is 0.778. The number of carbonyl (C=O) groups is 2. The van der Waals surface area contributed by atoms with Crippen molar-refractivity contribution in [3.63, 3.8) is 0 Å². The molecule has 0 fully saturated rings. The number of hydrogen-bond acceptors (Lipinski definition) is 5. The number of hydrogen-bond donors (Lipinski definition) is 2. The van der Waals surface area contributed by atoms with Gasteiger partial charge in [-0.25, -0.2) is 13.1 Å². The predicted octanol–water partition coefficient (Wildman–Crippen LogP) is -0.278. The molecule has 0 aliphatic heterocycles. The van der Waals surface area contributed by atoms with Gasteiger partial charge in [0, 0.05) is 0 Å². The zero-order chi connectivity index (χ0) is 13.5. The maximum absolute atomic E-state index is 11.4. The standard InChI is InChI=1S/C9H17NO6S/c1-3-7(9(12)13)10-17(14,15)6-5-8(11)16-4-2/h7,10H,3-6H2,1-2H3,(H,12,13)/t7-/m1/s1. The van der Waals surface area contributed by atoms with Crippen LogP contribution >= 0.6 is 0 Å². The third-order valence-corrected chi connectivity index (χ3v) is 3.29. The van der Waals surface area contributed by atoms with E-state index in [4.69, 9.17) is 5.11 Å². The minimum Gasteiger partial charge on any atom is -0.480 e. The number of rotatable bonds is 8. The van der Waals surface area contributed by atoms with Gasteiger partial charge in [0.25, 0.3) is 0 Å². The van der Waals surface area contributed by atoms with Crippen LogP contribution in [-0.2, 0) is 24.3 Å². The molecule has 0 aliphatic rings. The van der Waals surface area contributed by atoms with Crippen molar-refractivity contribution < 1.29 is 27.9 Å². The van der Waals surface area contributed by atoms with E-state index in [-0.39, 0.29) is 19.4 Å². The summed E-state index contributed by atoms with van der Waals surface area (Å²) in [5, 5.41) is 8.68. The molecule has 0 saturated heterocycles. The average molecular weight is 267 g/mol. The van der Waals surface area contributed by atoms with E-state index in [1.54, 1.807) is 13.8 Å². The number of aliphatic carboxylic acids is 1. The van der Waals surface area contributed by atoms with E-state index >= 15 is 0 Å². The van der Waals surface area contributed by atoms with Gasteiger partial charge in [0.2, 0.25) is 10.0 Å². The van der Waals surface area contributed by atoms with Crippen molar-refractivity contribution in [1.29, 1.82) is 0 Å². The lowest BCUT2D eigenvalue weighted by Gasteiger charge is -2.12. The number of carboxylic acid groups (broad SMARTS) is 1. The first-order valence-electron chi connectivity index (χ1n) is 5.20. The second kappa shape index (κ2) is 7.23. The number of nitrogens with one attached hydrogen (secondary N) is 1. The Hall–Kier alpha value is -1.15. The molecule has 2 N–H and O–H groups in total. The van der Waals surface area contributed by atoms with Gasteiger partial charge in [0.1, 0.15) is 6.04 Å². The quantitative estimate of drug-likeness (QED) is 0.585. The van der Waals surface area contributed by atoms with Crippen LogP contribution in [0, 0.1) is 0 Å². The molecule has 0 saturated carbocycles. The SMILES string of the molecule is CCOC(=O)CCS(=O)(=O)N[C@H](CC)C(=O)O. The average Bonchev–Trinajstić information content (AvgIpc) is 2.23. The van der Waals surface area contributed by atoms with Crippen molar-refractivity contribution in [3.05, 3.63) is 0 Å². The van der Waals surface area contributed by atoms with Crippen molar-refractivity contribution in [3.8, 4) is 0 Å². The zero-order valence-electron chi connectivity index (χ0n) is 9.80. The number of carboxylic acids is 1. The Balaban J connectivity index is 4.29. The highest BCUT2D eigenvalue weighted by molar-refractivity contribution is 7.89. The van der Waals surface area contributed by atoms with Crippen LogP contribution in [0.4, 0.5) is 0 Å². The van der Waals surface area contributed by atoms with Gasteiger partial charge >= 0.3 is 11.9 Å². The van der Waals surface area contributed by atoms with Crippen molar-refractivity contribution in [2.75, 3.05) is 12.4 Å². The summed E-state index contributed by atoms with van der Waals surface area (Å²) in [7, 11) is -3.78. The Bertz CT molecular complexity index is 364. The summed E-state index contributed by atoms with van der Waals surface area (Å²) in [5.74, 6) is -2.34. The van der Waals surface area contributed by atoms with E-state index < -0.39 is 33.8 Å². The molecule has 0 rings (SSSR count). The maximum Gasteiger partial charge on any atom is 0.321 e. The van der Waals surface area contributed by atoms with E-state index in [0.29, 0.717) is 0 Å². The Kier molecular flexibility index (Phi) is 6.74. The molecule has 100 valence electrons. The largest absolute Gasteiger partial charge is 0.480 e. The molecule has 0 aromatic carbocycles. The molecule has 0 aromatic heterocycles. The normalized spacial score (nSPS) is 13.1. The first-order chi connectivity index (χ1) is 7.82. The minimum atomic E-state index is -3.78. The molecule has 0 bridgehead atoms. The lowest BCUT2D eigenvalue weighted by atomic mass is 10.2. The summed E-state index contributed by atoms with van der Waals surface area (Å²) in [4.78, 5) is 21.6. The van der Waals surface area contributed by atoms with E-state index in [2.05, 4.69) is 4.74 Å². The van der Waals surface area contributed by atoms with E-state index in [1.165, 1.54) is 0 Å². The van der Waals surface area contributed by atoms with Crippen LogP contribution in [0.25, 0.3) is 0 Å². The van der Waals surface area contributed by atoms with Gasteiger partial charge in [-0.3, -0.25) is 9.59 Å². The molecule has 0 amide bonds. The highest BCUT2D eigenvalue weighted by atomic mass is 32.2. The van der Waals surface area contributed by atoms with Crippen LogP contribution in [0.1, 0.15) is 26.7 Å². The van der Waals surface area contributed by atoms with Gasteiger partial charge in [0.15, 0.2) is 0 Å². The van der Waals surface area contributed by atoms with Crippen LogP contribution < -0.4 is 4.72 Å². The highest BCUT2D eigenvalue weighted by Gasteiger charge is 2.22. The molecular weight excluding hydrogens is 250 g/mol. The molecule has 8 heteroatoms. The number of carbonyl (C=O) groups excluding carboxylic acids is 1. The zero-order valence-corrected chi connectivity index (χ0v) is 10.6. The van der Waals surface area contributed by atoms with Gasteiger partial charge in [0.05, 0.1) is 18.8 Å². The summed E-state index contributed by atoms with van der Waals surface area (Å²) in [5.41, 5.74) is 0. The molecule has 7 nitrogen and oxygen atoms in total. The third kappa shape index (κ3) is 6.90. The van der Waals surface area contributed by atoms with Crippen molar-refractivity contribution in [2.45, 2.75) is 32.7 Å². The molecule has 0 spiro atoms. The molecule has 1 atom stereocenters. The molecule has 0 unspecified atom stereocenters. The van der Waals surface area contributed by atoms with Gasteiger partial charge in [-0.05, 0) is 13.3 Å². The summed E-state index contributed by atoms with van der Waals surface area (Å²) >= 11 is 0. The second-order valence-electron chi connectivity index (χ2n) is 3.29. The van der Waals surface area contributed by atoms with Crippen molar-refractivity contribution >= 4 is 22.0 Å². The fourth-order valence-corrected chi connectivity index (χ4v) is 2.29. The monoisotopic (exact) mass is 267 g/mol. The fourth-order valence-electron chi connectivity index (χ4n) is 1.03. The highest BCUT2D eigenvalue weighted by Crippen LogP contribution is 1.98. The smallest absolute Gasteiger partial charge is 0.321 e. The van der Waals surface area contributed by atoms with E-state index in [9.17, 15) is 18.0 Å². The van der Waals surface area contributed by atoms with E-state index in [1.807, 2.05) is 4.72 Å². The van der Waals surface area contributed by atoms with Crippen LogP contribution in [0.15, 0.2) is 0 Å². The summed E-state index contributed by atoms with van der Waals surface area (Å²) in [6.45, 7) is 3.34. The second-order valence-corrected chi connectivity index (χ2v) is 5.16. The summed E-state index contributed by atoms with van der Waals surface area (Å²) in [6, 6.07) is -1.16. The Morgan fingerprint density at radius 2 is 1.94 bits per heavy atom. The maximum atomic E-state index is 11.4. The predicted molar refractivity (Wildman–Crippen MR) is 59.9 cm³/mol. The molecule has 0 aliphatic carbocycles. The number of esters is 1. The number of sulfonamides is 1.